The van der Waals surface area contributed by atoms with Crippen molar-refractivity contribution in [1.82, 2.24) is 4.31 Å². The van der Waals surface area contributed by atoms with Crippen LogP contribution in [0.5, 0.6) is 5.75 Å². The highest BCUT2D eigenvalue weighted by Gasteiger charge is 2.26. The topological polar surface area (TPSA) is 75.7 Å². The Morgan fingerprint density at radius 2 is 1.75 bits per heavy atom. The maximum atomic E-state index is 13.4. The summed E-state index contributed by atoms with van der Waals surface area (Å²) < 4.78 is 46.1. The molecule has 1 amide bonds. The lowest BCUT2D eigenvalue weighted by Crippen LogP contribution is -2.39. The second kappa shape index (κ2) is 10.6. The minimum absolute atomic E-state index is 0.0454. The number of rotatable bonds is 9. The number of sulfonamides is 1. The van der Waals surface area contributed by atoms with E-state index in [9.17, 15) is 17.6 Å². The van der Waals surface area contributed by atoms with E-state index in [2.05, 4.69) is 5.32 Å². The molecule has 0 saturated heterocycles. The van der Waals surface area contributed by atoms with Gasteiger partial charge in [-0.3, -0.25) is 4.79 Å². The first-order valence-corrected chi connectivity index (χ1v) is 11.5. The van der Waals surface area contributed by atoms with Crippen LogP contribution in [0.2, 0.25) is 5.02 Å². The normalized spacial score (nSPS) is 11.4. The molecule has 32 heavy (non-hydrogen) atoms. The molecule has 0 spiro atoms. The molecule has 0 radical (unpaired) electrons. The summed E-state index contributed by atoms with van der Waals surface area (Å²) >= 11 is 5.76. The Morgan fingerprint density at radius 1 is 1.06 bits per heavy atom. The maximum Gasteiger partial charge on any atom is 0.243 e. The summed E-state index contributed by atoms with van der Waals surface area (Å²) in [5.41, 5.74) is 1.21. The third-order valence-electron chi connectivity index (χ3n) is 4.71. The molecule has 0 aromatic heterocycles. The fraction of sp³-hybridized carbons (Fsp3) is 0.174. The van der Waals surface area contributed by atoms with Gasteiger partial charge in [-0.05, 0) is 54.4 Å². The predicted molar refractivity (Wildman–Crippen MR) is 122 cm³/mol. The number of hydrogen-bond donors (Lipinski definition) is 1. The molecule has 0 bridgehead atoms. The van der Waals surface area contributed by atoms with Crippen LogP contribution in [-0.4, -0.2) is 38.8 Å². The molecule has 3 aromatic rings. The number of ether oxygens (including phenoxy) is 1. The first-order chi connectivity index (χ1) is 15.3. The zero-order valence-electron chi connectivity index (χ0n) is 17.3. The van der Waals surface area contributed by atoms with Crippen LogP contribution in [-0.2, 0) is 21.2 Å². The summed E-state index contributed by atoms with van der Waals surface area (Å²) in [6, 6.07) is 19.1. The van der Waals surface area contributed by atoms with E-state index >= 15 is 0 Å². The van der Waals surface area contributed by atoms with Crippen molar-refractivity contribution in [2.75, 3.05) is 25.5 Å². The van der Waals surface area contributed by atoms with E-state index in [0.717, 1.165) is 15.9 Å². The summed E-state index contributed by atoms with van der Waals surface area (Å²) in [7, 11) is -2.48. The Balaban J connectivity index is 1.81. The van der Waals surface area contributed by atoms with E-state index in [1.807, 2.05) is 30.3 Å². The maximum absolute atomic E-state index is 13.4. The third kappa shape index (κ3) is 6.06. The van der Waals surface area contributed by atoms with Gasteiger partial charge in [0.05, 0.1) is 23.6 Å². The van der Waals surface area contributed by atoms with Gasteiger partial charge in [0, 0.05) is 12.2 Å². The highest BCUT2D eigenvalue weighted by atomic mass is 35.5. The number of benzene rings is 3. The summed E-state index contributed by atoms with van der Waals surface area (Å²) in [6.07, 6.45) is 0.423. The van der Waals surface area contributed by atoms with Gasteiger partial charge in [-0.2, -0.15) is 4.31 Å². The highest BCUT2D eigenvalue weighted by Crippen LogP contribution is 2.22. The van der Waals surface area contributed by atoms with Crippen molar-refractivity contribution in [3.8, 4) is 5.75 Å². The van der Waals surface area contributed by atoms with E-state index in [-0.39, 0.29) is 22.2 Å². The smallest absolute Gasteiger partial charge is 0.243 e. The fourth-order valence-corrected chi connectivity index (χ4v) is 4.59. The number of halogens is 2. The van der Waals surface area contributed by atoms with Crippen molar-refractivity contribution in [2.24, 2.45) is 0 Å². The first kappa shape index (κ1) is 23.7. The van der Waals surface area contributed by atoms with Gasteiger partial charge >= 0.3 is 0 Å². The largest absolute Gasteiger partial charge is 0.497 e. The minimum Gasteiger partial charge on any atom is -0.497 e. The standard InChI is InChI=1S/C23H22ClFN2O4S/c1-31-19-8-10-20(11-9-19)32(29,30)27(14-13-17-5-3-2-4-6-17)16-23(28)26-18-7-12-22(25)21(24)15-18/h2-12,15H,13-14,16H2,1H3,(H,26,28). The monoisotopic (exact) mass is 476 g/mol. The second-order valence-corrected chi connectivity index (χ2v) is 9.27. The number of carbonyl (C=O) groups excluding carboxylic acids is 1. The lowest BCUT2D eigenvalue weighted by molar-refractivity contribution is -0.116. The van der Waals surface area contributed by atoms with Crippen LogP contribution in [0.25, 0.3) is 0 Å². The summed E-state index contributed by atoms with van der Waals surface area (Å²) in [4.78, 5) is 12.7. The SMILES string of the molecule is COc1ccc(S(=O)(=O)N(CCc2ccccc2)CC(=O)Nc2ccc(F)c(Cl)c2)cc1. The van der Waals surface area contributed by atoms with E-state index in [1.165, 1.54) is 31.4 Å². The first-order valence-electron chi connectivity index (χ1n) is 9.72. The Labute approximate surface area is 191 Å². The summed E-state index contributed by atoms with van der Waals surface area (Å²) in [5.74, 6) is -0.667. The molecule has 0 heterocycles. The third-order valence-corrected chi connectivity index (χ3v) is 6.86. The molecular weight excluding hydrogens is 455 g/mol. The quantitative estimate of drug-likeness (QED) is 0.498. The van der Waals surface area contributed by atoms with Crippen molar-refractivity contribution < 1.29 is 22.3 Å². The molecule has 0 aliphatic rings. The molecule has 0 saturated carbocycles. The average Bonchev–Trinajstić information content (AvgIpc) is 2.79. The average molecular weight is 477 g/mol. The van der Waals surface area contributed by atoms with Crippen LogP contribution in [0, 0.1) is 5.82 Å². The number of hydrogen-bond acceptors (Lipinski definition) is 4. The summed E-state index contributed by atoms with van der Waals surface area (Å²) in [6.45, 7) is -0.327. The minimum atomic E-state index is -3.97. The van der Waals surface area contributed by atoms with Crippen LogP contribution in [0.3, 0.4) is 0 Å². The molecule has 0 atom stereocenters. The van der Waals surface area contributed by atoms with Gasteiger partial charge in [-0.15, -0.1) is 0 Å². The molecule has 6 nitrogen and oxygen atoms in total. The van der Waals surface area contributed by atoms with Gasteiger partial charge in [-0.1, -0.05) is 41.9 Å². The fourth-order valence-electron chi connectivity index (χ4n) is 3.01. The number of carbonyl (C=O) groups is 1. The lowest BCUT2D eigenvalue weighted by atomic mass is 10.1. The number of anilines is 1. The van der Waals surface area contributed by atoms with Crippen molar-refractivity contribution in [2.45, 2.75) is 11.3 Å². The number of nitrogens with zero attached hydrogens (tertiary/aromatic N) is 1. The Bertz CT molecular complexity index is 1170. The van der Waals surface area contributed by atoms with Gasteiger partial charge in [0.2, 0.25) is 15.9 Å². The van der Waals surface area contributed by atoms with Crippen LogP contribution < -0.4 is 10.1 Å². The predicted octanol–water partition coefficient (Wildman–Crippen LogP) is 4.36. The number of methoxy groups -OCH3 is 1. The van der Waals surface area contributed by atoms with Crippen LogP contribution >= 0.6 is 11.6 Å². The molecule has 3 rings (SSSR count). The Hall–Kier alpha value is -2.94. The van der Waals surface area contributed by atoms with Crippen molar-refractivity contribution >= 4 is 33.2 Å². The van der Waals surface area contributed by atoms with Crippen LogP contribution in [0.15, 0.2) is 77.7 Å². The molecule has 0 aliphatic carbocycles. The van der Waals surface area contributed by atoms with E-state index in [0.29, 0.717) is 12.2 Å². The molecule has 3 aromatic carbocycles. The van der Waals surface area contributed by atoms with Crippen molar-refractivity contribution in [3.05, 3.63) is 89.2 Å². The summed E-state index contributed by atoms with van der Waals surface area (Å²) in [5, 5.41) is 2.42. The van der Waals surface area contributed by atoms with Gasteiger partial charge < -0.3 is 10.1 Å². The molecule has 1 N–H and O–H groups in total. The Morgan fingerprint density at radius 3 is 2.38 bits per heavy atom. The molecule has 0 unspecified atom stereocenters. The van der Waals surface area contributed by atoms with Crippen LogP contribution in [0.1, 0.15) is 5.56 Å². The van der Waals surface area contributed by atoms with Crippen molar-refractivity contribution in [3.63, 3.8) is 0 Å². The number of nitrogens with one attached hydrogen (secondary N) is 1. The zero-order valence-corrected chi connectivity index (χ0v) is 18.9. The van der Waals surface area contributed by atoms with E-state index < -0.39 is 28.3 Å². The van der Waals surface area contributed by atoms with E-state index in [1.54, 1.807) is 12.1 Å². The Kier molecular flexibility index (Phi) is 7.84. The van der Waals surface area contributed by atoms with Gasteiger partial charge in [-0.25, -0.2) is 12.8 Å². The van der Waals surface area contributed by atoms with Crippen molar-refractivity contribution in [1.29, 1.82) is 0 Å². The highest BCUT2D eigenvalue weighted by molar-refractivity contribution is 7.89. The van der Waals surface area contributed by atoms with Gasteiger partial charge in [0.1, 0.15) is 11.6 Å². The molecular formula is C23H22ClFN2O4S. The van der Waals surface area contributed by atoms with Crippen LogP contribution in [0.4, 0.5) is 10.1 Å². The molecule has 0 aliphatic heterocycles. The molecule has 168 valence electrons. The molecule has 9 heteroatoms. The zero-order chi connectivity index (χ0) is 23.1. The molecule has 0 fully saturated rings. The van der Waals surface area contributed by atoms with Gasteiger partial charge in [0.25, 0.3) is 0 Å². The van der Waals surface area contributed by atoms with Gasteiger partial charge in [0.15, 0.2) is 0 Å². The second-order valence-electron chi connectivity index (χ2n) is 6.93. The number of amides is 1. The lowest BCUT2D eigenvalue weighted by Gasteiger charge is -2.22. The van der Waals surface area contributed by atoms with E-state index in [4.69, 9.17) is 16.3 Å².